The van der Waals surface area contributed by atoms with E-state index >= 15 is 0 Å². The molecule has 0 radical (unpaired) electrons. The van der Waals surface area contributed by atoms with E-state index in [4.69, 9.17) is 9.73 Å². The van der Waals surface area contributed by atoms with E-state index in [1.54, 1.807) is 26.1 Å². The van der Waals surface area contributed by atoms with Gasteiger partial charge in [0, 0.05) is 38.2 Å². The summed E-state index contributed by atoms with van der Waals surface area (Å²) in [6, 6.07) is 15.8. The lowest BCUT2D eigenvalue weighted by Crippen LogP contribution is -2.43. The molecule has 0 aliphatic heterocycles. The van der Waals surface area contributed by atoms with Gasteiger partial charge in [0.1, 0.15) is 5.75 Å². The second-order valence-electron chi connectivity index (χ2n) is 8.06. The Morgan fingerprint density at radius 1 is 1.03 bits per heavy atom. The van der Waals surface area contributed by atoms with Gasteiger partial charge in [-0.1, -0.05) is 38.1 Å². The van der Waals surface area contributed by atoms with E-state index in [9.17, 15) is 4.79 Å². The highest BCUT2D eigenvalue weighted by Gasteiger charge is 2.21. The van der Waals surface area contributed by atoms with Crippen molar-refractivity contribution in [2.24, 2.45) is 4.99 Å². The minimum Gasteiger partial charge on any atom is -0.497 e. The maximum atomic E-state index is 12.0. The highest BCUT2D eigenvalue weighted by molar-refractivity contribution is 5.93. The molecular formula is C24H34N4O2. The van der Waals surface area contributed by atoms with Gasteiger partial charge < -0.3 is 20.3 Å². The number of nitrogens with one attached hydrogen (secondary N) is 2. The van der Waals surface area contributed by atoms with Crippen molar-refractivity contribution >= 4 is 11.9 Å². The third-order valence-electron chi connectivity index (χ3n) is 4.94. The lowest BCUT2D eigenvalue weighted by atomic mass is 9.84. The first-order valence-electron chi connectivity index (χ1n) is 10.2. The van der Waals surface area contributed by atoms with E-state index in [1.807, 2.05) is 43.3 Å². The summed E-state index contributed by atoms with van der Waals surface area (Å²) in [7, 11) is 5.18. The van der Waals surface area contributed by atoms with E-state index in [2.05, 4.69) is 36.6 Å². The molecule has 0 spiro atoms. The number of methoxy groups -OCH3 is 1. The zero-order valence-corrected chi connectivity index (χ0v) is 19.0. The molecule has 0 bridgehead atoms. The van der Waals surface area contributed by atoms with E-state index in [0.29, 0.717) is 12.1 Å². The Labute approximate surface area is 180 Å². The van der Waals surface area contributed by atoms with E-state index < -0.39 is 0 Å². The van der Waals surface area contributed by atoms with Crippen molar-refractivity contribution in [2.45, 2.75) is 32.7 Å². The molecule has 0 aliphatic carbocycles. The third kappa shape index (κ3) is 6.51. The van der Waals surface area contributed by atoms with Crippen LogP contribution in [0.5, 0.6) is 5.75 Å². The number of hydrogen-bond donors (Lipinski definition) is 2. The molecule has 0 aromatic heterocycles. The first-order chi connectivity index (χ1) is 14.3. The van der Waals surface area contributed by atoms with Crippen LogP contribution in [0, 0.1) is 0 Å². The van der Waals surface area contributed by atoms with Crippen LogP contribution in [-0.2, 0) is 12.0 Å². The molecule has 0 saturated carbocycles. The number of amides is 1. The number of guanidine groups is 1. The molecule has 0 fully saturated rings. The zero-order chi connectivity index (χ0) is 22.1. The van der Waals surface area contributed by atoms with Crippen molar-refractivity contribution < 1.29 is 9.53 Å². The SMILES string of the molecule is CCNC(=NCc1ccc(C(=O)N(C)C)cc1)NCC(C)(C)c1ccc(OC)cc1. The maximum absolute atomic E-state index is 12.0. The third-order valence-corrected chi connectivity index (χ3v) is 4.94. The van der Waals surface area contributed by atoms with Crippen LogP contribution in [0.2, 0.25) is 0 Å². The van der Waals surface area contributed by atoms with Crippen LogP contribution in [0.15, 0.2) is 53.5 Å². The Morgan fingerprint density at radius 3 is 2.20 bits per heavy atom. The van der Waals surface area contributed by atoms with E-state index in [0.717, 1.165) is 30.4 Å². The maximum Gasteiger partial charge on any atom is 0.253 e. The van der Waals surface area contributed by atoms with Gasteiger partial charge in [0.05, 0.1) is 13.7 Å². The largest absolute Gasteiger partial charge is 0.497 e. The molecule has 6 heteroatoms. The summed E-state index contributed by atoms with van der Waals surface area (Å²) in [5.74, 6) is 1.63. The molecule has 30 heavy (non-hydrogen) atoms. The van der Waals surface area contributed by atoms with Crippen LogP contribution in [0.25, 0.3) is 0 Å². The van der Waals surface area contributed by atoms with Gasteiger partial charge in [-0.15, -0.1) is 0 Å². The average Bonchev–Trinajstić information content (AvgIpc) is 2.75. The number of ether oxygens (including phenoxy) is 1. The molecule has 6 nitrogen and oxygen atoms in total. The second kappa shape index (κ2) is 10.7. The van der Waals surface area contributed by atoms with Crippen LogP contribution < -0.4 is 15.4 Å². The molecule has 2 N–H and O–H groups in total. The van der Waals surface area contributed by atoms with Crippen molar-refractivity contribution in [1.29, 1.82) is 0 Å². The number of benzene rings is 2. The van der Waals surface area contributed by atoms with Crippen molar-refractivity contribution in [3.8, 4) is 5.75 Å². The quantitative estimate of drug-likeness (QED) is 0.517. The topological polar surface area (TPSA) is 66.0 Å². The minimum absolute atomic E-state index is 0.000759. The van der Waals surface area contributed by atoms with E-state index in [1.165, 1.54) is 5.56 Å². The fourth-order valence-corrected chi connectivity index (χ4v) is 2.97. The summed E-state index contributed by atoms with van der Waals surface area (Å²) in [6.45, 7) is 8.51. The van der Waals surface area contributed by atoms with Crippen LogP contribution >= 0.6 is 0 Å². The standard InChI is InChI=1S/C24H34N4O2/c1-7-25-23(26-16-18-8-10-19(11-9-18)22(29)28(4)5)27-17-24(2,3)20-12-14-21(30-6)15-13-20/h8-15H,7,16-17H2,1-6H3,(H2,25,26,27). The van der Waals surface area contributed by atoms with Crippen molar-refractivity contribution in [3.63, 3.8) is 0 Å². The normalized spacial score (nSPS) is 11.7. The average molecular weight is 411 g/mol. The number of aliphatic imine (C=N–C) groups is 1. The molecule has 2 rings (SSSR count). The highest BCUT2D eigenvalue weighted by Crippen LogP contribution is 2.24. The summed E-state index contributed by atoms with van der Waals surface area (Å²) in [5, 5.41) is 6.75. The monoisotopic (exact) mass is 410 g/mol. The van der Waals surface area contributed by atoms with Crippen molar-refractivity contribution in [2.75, 3.05) is 34.3 Å². The number of hydrogen-bond acceptors (Lipinski definition) is 3. The first kappa shape index (κ1) is 23.3. The zero-order valence-electron chi connectivity index (χ0n) is 19.0. The molecular weight excluding hydrogens is 376 g/mol. The summed E-state index contributed by atoms with van der Waals surface area (Å²) in [6.07, 6.45) is 0. The van der Waals surface area contributed by atoms with Gasteiger partial charge in [-0.2, -0.15) is 0 Å². The lowest BCUT2D eigenvalue weighted by Gasteiger charge is -2.27. The van der Waals surface area contributed by atoms with Gasteiger partial charge in [-0.05, 0) is 42.3 Å². The Morgan fingerprint density at radius 2 is 1.67 bits per heavy atom. The number of nitrogens with zero attached hydrogens (tertiary/aromatic N) is 2. The molecule has 1 amide bonds. The lowest BCUT2D eigenvalue weighted by molar-refractivity contribution is 0.0827. The van der Waals surface area contributed by atoms with Gasteiger partial charge in [0.15, 0.2) is 5.96 Å². The Hall–Kier alpha value is -3.02. The number of carbonyl (C=O) groups is 1. The van der Waals surface area contributed by atoms with Gasteiger partial charge in [-0.25, -0.2) is 4.99 Å². The summed E-state index contributed by atoms with van der Waals surface area (Å²) < 4.78 is 5.25. The Bertz CT molecular complexity index is 841. The van der Waals surface area contributed by atoms with Gasteiger partial charge in [-0.3, -0.25) is 4.79 Å². The summed E-state index contributed by atoms with van der Waals surface area (Å²) in [5.41, 5.74) is 2.89. The molecule has 2 aromatic carbocycles. The predicted octanol–water partition coefficient (Wildman–Crippen LogP) is 3.43. The number of rotatable bonds is 8. The van der Waals surface area contributed by atoms with Gasteiger partial charge in [0.2, 0.25) is 0 Å². The summed E-state index contributed by atoms with van der Waals surface area (Å²) in [4.78, 5) is 18.3. The molecule has 0 atom stereocenters. The molecule has 2 aromatic rings. The fourth-order valence-electron chi connectivity index (χ4n) is 2.97. The smallest absolute Gasteiger partial charge is 0.253 e. The Balaban J connectivity index is 2.02. The van der Waals surface area contributed by atoms with Gasteiger partial charge in [0.25, 0.3) is 5.91 Å². The highest BCUT2D eigenvalue weighted by atomic mass is 16.5. The molecule has 0 aliphatic rings. The minimum atomic E-state index is -0.0728. The summed E-state index contributed by atoms with van der Waals surface area (Å²) >= 11 is 0. The van der Waals surface area contributed by atoms with Crippen molar-refractivity contribution in [3.05, 3.63) is 65.2 Å². The second-order valence-corrected chi connectivity index (χ2v) is 8.06. The van der Waals surface area contributed by atoms with Crippen LogP contribution in [0.4, 0.5) is 0 Å². The van der Waals surface area contributed by atoms with E-state index in [-0.39, 0.29) is 11.3 Å². The predicted molar refractivity (Wildman–Crippen MR) is 123 cm³/mol. The van der Waals surface area contributed by atoms with Crippen LogP contribution in [0.1, 0.15) is 42.3 Å². The fraction of sp³-hybridized carbons (Fsp3) is 0.417. The molecule has 162 valence electrons. The van der Waals surface area contributed by atoms with Gasteiger partial charge >= 0.3 is 0 Å². The molecule has 0 saturated heterocycles. The Kier molecular flexibility index (Phi) is 8.27. The van der Waals surface area contributed by atoms with Crippen molar-refractivity contribution in [1.82, 2.24) is 15.5 Å². The van der Waals surface area contributed by atoms with Crippen LogP contribution in [-0.4, -0.2) is 51.1 Å². The number of carbonyl (C=O) groups excluding carboxylic acids is 1. The van der Waals surface area contributed by atoms with Crippen LogP contribution in [0.3, 0.4) is 0 Å². The first-order valence-corrected chi connectivity index (χ1v) is 10.2. The molecule has 0 heterocycles. The molecule has 0 unspecified atom stereocenters.